The Labute approximate surface area is 90.6 Å². The number of rotatable bonds is 3. The van der Waals surface area contributed by atoms with E-state index in [4.69, 9.17) is 23.2 Å². The number of hydrogen-bond acceptors (Lipinski definition) is 3. The molecule has 0 heterocycles. The second-order valence-electron chi connectivity index (χ2n) is 2.37. The Hall–Kier alpha value is -0.250. The standard InChI is InChI=1S/C8H7Cl2NOS/c1-13-8(11-12)5-2-3-6(9)7(10)4-5/h2-4,8H,1H3. The van der Waals surface area contributed by atoms with Crippen LogP contribution in [0, 0.1) is 4.91 Å². The molecule has 0 N–H and O–H groups in total. The molecule has 1 rings (SSSR count). The maximum Gasteiger partial charge on any atom is 0.162 e. The van der Waals surface area contributed by atoms with Gasteiger partial charge >= 0.3 is 0 Å². The summed E-state index contributed by atoms with van der Waals surface area (Å²) < 4.78 is 0. The molecule has 0 radical (unpaired) electrons. The molecule has 0 aliphatic rings. The highest BCUT2D eigenvalue weighted by atomic mass is 35.5. The van der Waals surface area contributed by atoms with Crippen LogP contribution in [0.1, 0.15) is 10.9 Å². The summed E-state index contributed by atoms with van der Waals surface area (Å²) >= 11 is 12.9. The lowest BCUT2D eigenvalue weighted by molar-refractivity contribution is 1.02. The molecule has 0 aliphatic carbocycles. The molecule has 1 unspecified atom stereocenters. The van der Waals surface area contributed by atoms with Crippen LogP contribution in [0.5, 0.6) is 0 Å². The first-order valence-electron chi connectivity index (χ1n) is 3.49. The predicted octanol–water partition coefficient (Wildman–Crippen LogP) is 4.12. The monoisotopic (exact) mass is 235 g/mol. The lowest BCUT2D eigenvalue weighted by Crippen LogP contribution is -1.88. The molecule has 0 fully saturated rings. The Morgan fingerprint density at radius 1 is 1.38 bits per heavy atom. The highest BCUT2D eigenvalue weighted by molar-refractivity contribution is 7.98. The van der Waals surface area contributed by atoms with Gasteiger partial charge in [-0.15, -0.1) is 16.7 Å². The molecule has 13 heavy (non-hydrogen) atoms. The largest absolute Gasteiger partial charge is 0.162 e. The SMILES string of the molecule is CSC(N=O)c1ccc(Cl)c(Cl)c1. The smallest absolute Gasteiger partial charge is 0.149 e. The first-order chi connectivity index (χ1) is 6.19. The van der Waals surface area contributed by atoms with Crippen LogP contribution >= 0.6 is 35.0 Å². The summed E-state index contributed by atoms with van der Waals surface area (Å²) in [5.74, 6) is 0. The van der Waals surface area contributed by atoms with Crippen molar-refractivity contribution in [2.75, 3.05) is 6.26 Å². The Balaban J connectivity index is 3.01. The Bertz CT molecular complexity index is 319. The van der Waals surface area contributed by atoms with E-state index in [0.717, 1.165) is 5.56 Å². The van der Waals surface area contributed by atoms with Crippen LogP contribution in [-0.4, -0.2) is 6.26 Å². The van der Waals surface area contributed by atoms with Crippen molar-refractivity contribution in [1.29, 1.82) is 0 Å². The fourth-order valence-corrected chi connectivity index (χ4v) is 1.72. The van der Waals surface area contributed by atoms with Gasteiger partial charge in [0.2, 0.25) is 0 Å². The summed E-state index contributed by atoms with van der Waals surface area (Å²) in [4.78, 5) is 10.4. The van der Waals surface area contributed by atoms with Gasteiger partial charge in [-0.05, 0) is 24.0 Å². The summed E-state index contributed by atoms with van der Waals surface area (Å²) in [6, 6.07) is 5.07. The molecule has 70 valence electrons. The number of halogens is 2. The van der Waals surface area contributed by atoms with E-state index >= 15 is 0 Å². The third kappa shape index (κ3) is 2.59. The highest BCUT2D eigenvalue weighted by Gasteiger charge is 2.10. The zero-order valence-corrected chi connectivity index (χ0v) is 9.16. The minimum absolute atomic E-state index is 0.408. The van der Waals surface area contributed by atoms with Gasteiger partial charge in [0.25, 0.3) is 0 Å². The molecule has 0 saturated carbocycles. The molecule has 0 aliphatic heterocycles. The van der Waals surface area contributed by atoms with Gasteiger partial charge in [0.1, 0.15) is 0 Å². The second kappa shape index (κ2) is 4.84. The van der Waals surface area contributed by atoms with Crippen LogP contribution in [-0.2, 0) is 0 Å². The molecule has 2 nitrogen and oxygen atoms in total. The molecule has 0 bridgehead atoms. The van der Waals surface area contributed by atoms with Gasteiger partial charge in [0.15, 0.2) is 5.37 Å². The average molecular weight is 236 g/mol. The van der Waals surface area contributed by atoms with E-state index in [1.165, 1.54) is 11.8 Å². The van der Waals surface area contributed by atoms with Gasteiger partial charge < -0.3 is 0 Å². The first kappa shape index (κ1) is 10.8. The predicted molar refractivity (Wildman–Crippen MR) is 58.5 cm³/mol. The van der Waals surface area contributed by atoms with Gasteiger partial charge in [-0.25, -0.2) is 0 Å². The summed E-state index contributed by atoms with van der Waals surface area (Å²) in [5, 5.41) is 3.48. The van der Waals surface area contributed by atoms with E-state index in [1.54, 1.807) is 18.2 Å². The molecule has 5 heteroatoms. The Morgan fingerprint density at radius 3 is 2.54 bits per heavy atom. The zero-order valence-electron chi connectivity index (χ0n) is 6.83. The van der Waals surface area contributed by atoms with E-state index in [2.05, 4.69) is 5.18 Å². The number of thioether (sulfide) groups is 1. The molecule has 1 aromatic rings. The Kier molecular flexibility index (Phi) is 4.03. The highest BCUT2D eigenvalue weighted by Crippen LogP contribution is 2.32. The van der Waals surface area contributed by atoms with Crippen molar-refractivity contribution in [3.05, 3.63) is 38.7 Å². The third-order valence-corrected chi connectivity index (χ3v) is 3.09. The van der Waals surface area contributed by atoms with Crippen LogP contribution < -0.4 is 0 Å². The minimum atomic E-state index is -0.408. The quantitative estimate of drug-likeness (QED) is 0.738. The Morgan fingerprint density at radius 2 is 2.08 bits per heavy atom. The van der Waals surface area contributed by atoms with E-state index in [1.807, 2.05) is 6.26 Å². The third-order valence-electron chi connectivity index (χ3n) is 1.55. The first-order valence-corrected chi connectivity index (χ1v) is 5.53. The summed E-state index contributed by atoms with van der Waals surface area (Å²) in [6.07, 6.45) is 1.81. The van der Waals surface area contributed by atoms with Crippen LogP contribution in [0.25, 0.3) is 0 Å². The molecule has 0 spiro atoms. The van der Waals surface area contributed by atoms with Gasteiger partial charge in [0.05, 0.1) is 10.0 Å². The zero-order chi connectivity index (χ0) is 9.84. The number of nitroso groups, excluding NO2 is 1. The van der Waals surface area contributed by atoms with Crippen molar-refractivity contribution >= 4 is 35.0 Å². The summed E-state index contributed by atoms with van der Waals surface area (Å²) in [6.45, 7) is 0. The molecule has 0 amide bonds. The molecule has 1 aromatic carbocycles. The van der Waals surface area contributed by atoms with Crippen molar-refractivity contribution < 1.29 is 0 Å². The second-order valence-corrected chi connectivity index (χ2v) is 4.10. The van der Waals surface area contributed by atoms with E-state index in [-0.39, 0.29) is 0 Å². The van der Waals surface area contributed by atoms with E-state index in [9.17, 15) is 4.91 Å². The van der Waals surface area contributed by atoms with Crippen LogP contribution in [0.2, 0.25) is 10.0 Å². The van der Waals surface area contributed by atoms with Crippen molar-refractivity contribution in [2.24, 2.45) is 5.18 Å². The summed E-state index contributed by atoms with van der Waals surface area (Å²) in [5.41, 5.74) is 0.775. The van der Waals surface area contributed by atoms with Crippen molar-refractivity contribution in [2.45, 2.75) is 5.37 Å². The van der Waals surface area contributed by atoms with Crippen molar-refractivity contribution in [1.82, 2.24) is 0 Å². The summed E-state index contributed by atoms with van der Waals surface area (Å²) in [7, 11) is 0. The van der Waals surface area contributed by atoms with E-state index in [0.29, 0.717) is 10.0 Å². The van der Waals surface area contributed by atoms with Gasteiger partial charge in [-0.3, -0.25) is 0 Å². The maximum atomic E-state index is 10.4. The van der Waals surface area contributed by atoms with Crippen LogP contribution in [0.4, 0.5) is 0 Å². The van der Waals surface area contributed by atoms with Crippen molar-refractivity contribution in [3.8, 4) is 0 Å². The number of hydrogen-bond donors (Lipinski definition) is 0. The van der Waals surface area contributed by atoms with Crippen LogP contribution in [0.15, 0.2) is 23.4 Å². The molecular weight excluding hydrogens is 229 g/mol. The number of nitrogens with zero attached hydrogens (tertiary/aromatic N) is 1. The molecule has 1 atom stereocenters. The fourth-order valence-electron chi connectivity index (χ4n) is 0.906. The van der Waals surface area contributed by atoms with Gasteiger partial charge in [0, 0.05) is 0 Å². The molecular formula is C8H7Cl2NOS. The van der Waals surface area contributed by atoms with Crippen LogP contribution in [0.3, 0.4) is 0 Å². The fraction of sp³-hybridized carbons (Fsp3) is 0.250. The maximum absolute atomic E-state index is 10.4. The topological polar surface area (TPSA) is 29.4 Å². The average Bonchev–Trinajstić information content (AvgIpc) is 2.13. The molecule has 0 saturated heterocycles. The minimum Gasteiger partial charge on any atom is -0.149 e. The van der Waals surface area contributed by atoms with E-state index < -0.39 is 5.37 Å². The normalized spacial score (nSPS) is 12.5. The van der Waals surface area contributed by atoms with Crippen molar-refractivity contribution in [3.63, 3.8) is 0 Å². The van der Waals surface area contributed by atoms with Gasteiger partial charge in [-0.1, -0.05) is 34.4 Å². The number of benzene rings is 1. The lowest BCUT2D eigenvalue weighted by atomic mass is 10.2. The lowest BCUT2D eigenvalue weighted by Gasteiger charge is -2.06. The van der Waals surface area contributed by atoms with Gasteiger partial charge in [-0.2, -0.15) is 0 Å². The molecule has 0 aromatic heterocycles.